The fourth-order valence-electron chi connectivity index (χ4n) is 2.64. The number of carbonyl (C=O) groups is 2. The summed E-state index contributed by atoms with van der Waals surface area (Å²) in [5.41, 5.74) is 5.92. The van der Waals surface area contributed by atoms with Gasteiger partial charge >= 0.3 is 0 Å². The van der Waals surface area contributed by atoms with Crippen molar-refractivity contribution < 1.29 is 23.6 Å². The van der Waals surface area contributed by atoms with Gasteiger partial charge in [-0.3, -0.25) is 19.7 Å². The zero-order valence-corrected chi connectivity index (χ0v) is 15.0. The molecular weight excluding hydrogens is 379 g/mol. The Morgan fingerprint density at radius 1 is 0.931 bits per heavy atom. The zero-order chi connectivity index (χ0) is 21.0. The molecule has 0 aliphatic carbocycles. The number of nitrogens with zero attached hydrogens (tertiary/aromatic N) is 1. The fraction of sp³-hybridized carbons (Fsp3) is 0.0476. The molecule has 7 nitrogen and oxygen atoms in total. The Kier molecular flexibility index (Phi) is 5.64. The Bertz CT molecular complexity index is 1080. The molecule has 3 aromatic carbocycles. The summed E-state index contributed by atoms with van der Waals surface area (Å²) in [7, 11) is 0. The first-order chi connectivity index (χ1) is 13.8. The van der Waals surface area contributed by atoms with Crippen molar-refractivity contribution in [3.05, 3.63) is 105 Å². The minimum atomic E-state index is -0.762. The predicted molar refractivity (Wildman–Crippen MR) is 102 cm³/mol. The highest BCUT2D eigenvalue weighted by Gasteiger charge is 2.17. The molecule has 29 heavy (non-hydrogen) atoms. The largest absolute Gasteiger partial charge is 0.489 e. The number of benzene rings is 3. The van der Waals surface area contributed by atoms with Gasteiger partial charge in [0.25, 0.3) is 5.69 Å². The van der Waals surface area contributed by atoms with Crippen LogP contribution in [-0.4, -0.2) is 16.6 Å². The van der Waals surface area contributed by atoms with Crippen LogP contribution in [0.4, 0.5) is 10.1 Å². The summed E-state index contributed by atoms with van der Waals surface area (Å²) in [6, 6.07) is 15.3. The number of nitro benzene ring substituents is 1. The van der Waals surface area contributed by atoms with Crippen LogP contribution in [0.25, 0.3) is 0 Å². The Labute approximate surface area is 164 Å². The maximum Gasteiger partial charge on any atom is 0.276 e. The van der Waals surface area contributed by atoms with Crippen LogP contribution in [0.3, 0.4) is 0 Å². The lowest BCUT2D eigenvalue weighted by molar-refractivity contribution is -0.385. The average molecular weight is 394 g/mol. The highest BCUT2D eigenvalue weighted by atomic mass is 19.1. The Morgan fingerprint density at radius 2 is 1.48 bits per heavy atom. The van der Waals surface area contributed by atoms with Gasteiger partial charge in [0.05, 0.1) is 10.5 Å². The maximum absolute atomic E-state index is 13.0. The van der Waals surface area contributed by atoms with Crippen molar-refractivity contribution in [2.45, 2.75) is 6.61 Å². The van der Waals surface area contributed by atoms with E-state index in [4.69, 9.17) is 10.5 Å². The SMILES string of the molecule is NC(=O)c1ccc(COc2ccc(C(=O)c3ccc(F)cc3)cc2)c([N+](=O)[O-])c1. The molecule has 0 spiro atoms. The van der Waals surface area contributed by atoms with Crippen LogP contribution < -0.4 is 10.5 Å². The van der Waals surface area contributed by atoms with Gasteiger partial charge in [0, 0.05) is 22.8 Å². The van der Waals surface area contributed by atoms with Gasteiger partial charge in [0.1, 0.15) is 18.2 Å². The smallest absolute Gasteiger partial charge is 0.276 e. The summed E-state index contributed by atoms with van der Waals surface area (Å²) in [5, 5.41) is 11.2. The molecule has 3 rings (SSSR count). The molecule has 0 saturated heterocycles. The van der Waals surface area contributed by atoms with Crippen LogP contribution in [-0.2, 0) is 6.61 Å². The summed E-state index contributed by atoms with van der Waals surface area (Å²) in [6.07, 6.45) is 0. The number of nitro groups is 1. The third-order valence-corrected chi connectivity index (χ3v) is 4.18. The van der Waals surface area contributed by atoms with Crippen LogP contribution in [0.5, 0.6) is 5.75 Å². The zero-order valence-electron chi connectivity index (χ0n) is 15.0. The average Bonchev–Trinajstić information content (AvgIpc) is 2.72. The third-order valence-electron chi connectivity index (χ3n) is 4.18. The van der Waals surface area contributed by atoms with E-state index in [1.54, 1.807) is 24.3 Å². The lowest BCUT2D eigenvalue weighted by atomic mass is 10.0. The quantitative estimate of drug-likeness (QED) is 0.373. The number of primary amides is 1. The first-order valence-corrected chi connectivity index (χ1v) is 8.45. The summed E-state index contributed by atoms with van der Waals surface area (Å²) in [5.74, 6) is -1.06. The molecule has 8 heteroatoms. The van der Waals surface area contributed by atoms with E-state index in [9.17, 15) is 24.1 Å². The molecule has 146 valence electrons. The van der Waals surface area contributed by atoms with E-state index < -0.39 is 16.6 Å². The van der Waals surface area contributed by atoms with Crippen molar-refractivity contribution in [2.75, 3.05) is 0 Å². The Balaban J connectivity index is 1.72. The Morgan fingerprint density at radius 3 is 2.03 bits per heavy atom. The number of hydrogen-bond donors (Lipinski definition) is 1. The van der Waals surface area contributed by atoms with Gasteiger partial charge in [-0.1, -0.05) is 0 Å². The fourth-order valence-corrected chi connectivity index (χ4v) is 2.64. The van der Waals surface area contributed by atoms with E-state index in [1.807, 2.05) is 0 Å². The molecule has 0 unspecified atom stereocenters. The van der Waals surface area contributed by atoms with Crippen LogP contribution in [0.2, 0.25) is 0 Å². The monoisotopic (exact) mass is 394 g/mol. The van der Waals surface area contributed by atoms with Gasteiger partial charge in [-0.2, -0.15) is 0 Å². The van der Waals surface area contributed by atoms with Crippen molar-refractivity contribution in [3.8, 4) is 5.75 Å². The van der Waals surface area contributed by atoms with Gasteiger partial charge in [-0.15, -0.1) is 0 Å². The highest BCUT2D eigenvalue weighted by Crippen LogP contribution is 2.23. The number of ketones is 1. The van der Waals surface area contributed by atoms with Gasteiger partial charge in [0.15, 0.2) is 5.78 Å². The lowest BCUT2D eigenvalue weighted by Gasteiger charge is -2.08. The predicted octanol–water partition coefficient (Wildman–Crippen LogP) is 3.64. The molecule has 2 N–H and O–H groups in total. The molecule has 0 aliphatic rings. The summed E-state index contributed by atoms with van der Waals surface area (Å²) in [6.45, 7) is -0.111. The van der Waals surface area contributed by atoms with Crippen LogP contribution in [0.1, 0.15) is 31.8 Å². The molecule has 0 fully saturated rings. The highest BCUT2D eigenvalue weighted by molar-refractivity contribution is 6.09. The van der Waals surface area contributed by atoms with Crippen molar-refractivity contribution in [1.29, 1.82) is 0 Å². The number of halogens is 1. The number of rotatable bonds is 7. The minimum absolute atomic E-state index is 0.0316. The second-order valence-electron chi connectivity index (χ2n) is 6.11. The van der Waals surface area contributed by atoms with Crippen LogP contribution in [0, 0.1) is 15.9 Å². The molecule has 0 heterocycles. The molecule has 0 atom stereocenters. The minimum Gasteiger partial charge on any atom is -0.489 e. The van der Waals surface area contributed by atoms with Crippen molar-refractivity contribution in [2.24, 2.45) is 5.73 Å². The topological polar surface area (TPSA) is 113 Å². The second-order valence-corrected chi connectivity index (χ2v) is 6.11. The van der Waals surface area contributed by atoms with E-state index in [1.165, 1.54) is 36.4 Å². The normalized spacial score (nSPS) is 10.4. The number of carbonyl (C=O) groups excluding carboxylic acids is 2. The van der Waals surface area contributed by atoms with E-state index in [-0.39, 0.29) is 29.2 Å². The standard InChI is InChI=1S/C21H15FN2O5/c22-17-7-3-13(4-8-17)20(25)14-5-9-18(10-6-14)29-12-16-2-1-15(21(23)26)11-19(16)24(27)28/h1-11H,12H2,(H2,23,26). The number of ether oxygens (including phenoxy) is 1. The maximum atomic E-state index is 13.0. The summed E-state index contributed by atoms with van der Waals surface area (Å²) in [4.78, 5) is 34.2. The first-order valence-electron chi connectivity index (χ1n) is 8.45. The molecule has 0 bridgehead atoms. The Hall–Kier alpha value is -4.07. The molecule has 3 aromatic rings. The molecule has 0 aromatic heterocycles. The van der Waals surface area contributed by atoms with Crippen molar-refractivity contribution in [3.63, 3.8) is 0 Å². The van der Waals surface area contributed by atoms with E-state index in [2.05, 4.69) is 0 Å². The van der Waals surface area contributed by atoms with E-state index in [0.717, 1.165) is 6.07 Å². The van der Waals surface area contributed by atoms with Crippen molar-refractivity contribution >= 4 is 17.4 Å². The van der Waals surface area contributed by atoms with E-state index >= 15 is 0 Å². The van der Waals surface area contributed by atoms with Crippen LogP contribution in [0.15, 0.2) is 66.7 Å². The van der Waals surface area contributed by atoms with Gasteiger partial charge in [-0.25, -0.2) is 4.39 Å². The summed E-state index contributed by atoms with van der Waals surface area (Å²) >= 11 is 0. The van der Waals surface area contributed by atoms with Gasteiger partial charge in [0.2, 0.25) is 5.91 Å². The molecule has 0 radical (unpaired) electrons. The van der Waals surface area contributed by atoms with Gasteiger partial charge in [-0.05, 0) is 60.7 Å². The van der Waals surface area contributed by atoms with Gasteiger partial charge < -0.3 is 10.5 Å². The third kappa shape index (κ3) is 4.62. The molecular formula is C21H15FN2O5. The van der Waals surface area contributed by atoms with E-state index in [0.29, 0.717) is 16.9 Å². The lowest BCUT2D eigenvalue weighted by Crippen LogP contribution is -2.12. The summed E-state index contributed by atoms with van der Waals surface area (Å²) < 4.78 is 18.5. The molecule has 1 amide bonds. The number of amides is 1. The second kappa shape index (κ2) is 8.30. The molecule has 0 aliphatic heterocycles. The molecule has 0 saturated carbocycles. The van der Waals surface area contributed by atoms with Crippen LogP contribution >= 0.6 is 0 Å². The number of hydrogen-bond acceptors (Lipinski definition) is 5. The number of nitrogens with two attached hydrogens (primary N) is 1. The van der Waals surface area contributed by atoms with Crippen molar-refractivity contribution in [1.82, 2.24) is 0 Å². The first kappa shape index (κ1) is 19.7.